The second-order valence-corrected chi connectivity index (χ2v) is 7.67. The molecule has 6 nitrogen and oxygen atoms in total. The van der Waals surface area contributed by atoms with Gasteiger partial charge in [0.15, 0.2) is 11.5 Å². The van der Waals surface area contributed by atoms with E-state index in [-0.39, 0.29) is 5.41 Å². The maximum atomic E-state index is 5.54. The lowest BCUT2D eigenvalue weighted by Crippen LogP contribution is -2.22. The quantitative estimate of drug-likeness (QED) is 0.540. The van der Waals surface area contributed by atoms with Crippen molar-refractivity contribution in [3.8, 4) is 23.0 Å². The van der Waals surface area contributed by atoms with E-state index >= 15 is 0 Å². The Kier molecular flexibility index (Phi) is 7.88. The summed E-state index contributed by atoms with van der Waals surface area (Å²) in [6.45, 7) is 8.24. The number of rotatable bonds is 11. The van der Waals surface area contributed by atoms with E-state index in [4.69, 9.17) is 18.9 Å². The van der Waals surface area contributed by atoms with Gasteiger partial charge in [0, 0.05) is 42.2 Å². The minimum Gasteiger partial charge on any atom is -0.496 e. The van der Waals surface area contributed by atoms with E-state index < -0.39 is 0 Å². The van der Waals surface area contributed by atoms with E-state index in [1.54, 1.807) is 28.4 Å². The summed E-state index contributed by atoms with van der Waals surface area (Å²) in [5.41, 5.74) is 3.25. The molecule has 0 heterocycles. The standard InChI is InChI=1S/C23H34N2O4/c1-8-23(2,3)15-25-17-9-10-19(26-4)16(11-17)14-24-18-12-20(27-5)22(29-7)21(13-18)28-6/h9-13,24-25H,8,14-15H2,1-7H3. The summed E-state index contributed by atoms with van der Waals surface area (Å²) >= 11 is 0. The predicted octanol–water partition coefficient (Wildman–Crippen LogP) is 5.18. The molecular formula is C23H34N2O4. The molecule has 0 bridgehead atoms. The molecule has 0 aliphatic carbocycles. The van der Waals surface area contributed by atoms with Gasteiger partial charge in [-0.15, -0.1) is 0 Å². The average molecular weight is 403 g/mol. The average Bonchev–Trinajstić information content (AvgIpc) is 2.75. The van der Waals surface area contributed by atoms with Gasteiger partial charge in [0.25, 0.3) is 0 Å². The highest BCUT2D eigenvalue weighted by atomic mass is 16.5. The van der Waals surface area contributed by atoms with E-state index in [0.717, 1.165) is 35.7 Å². The Balaban J connectivity index is 2.20. The molecule has 0 saturated carbocycles. The van der Waals surface area contributed by atoms with Crippen molar-refractivity contribution in [2.24, 2.45) is 5.41 Å². The molecule has 2 aromatic rings. The number of methoxy groups -OCH3 is 4. The molecule has 2 N–H and O–H groups in total. The van der Waals surface area contributed by atoms with Gasteiger partial charge in [0.05, 0.1) is 28.4 Å². The number of hydrogen-bond donors (Lipinski definition) is 2. The van der Waals surface area contributed by atoms with Crippen molar-refractivity contribution in [2.75, 3.05) is 45.6 Å². The second kappa shape index (κ2) is 10.1. The van der Waals surface area contributed by atoms with Gasteiger partial charge in [-0.2, -0.15) is 0 Å². The molecule has 160 valence electrons. The van der Waals surface area contributed by atoms with Crippen LogP contribution in [0, 0.1) is 5.41 Å². The largest absolute Gasteiger partial charge is 0.496 e. The van der Waals surface area contributed by atoms with E-state index in [1.165, 1.54) is 0 Å². The monoisotopic (exact) mass is 402 g/mol. The van der Waals surface area contributed by atoms with Crippen LogP contribution in [0.2, 0.25) is 0 Å². The molecule has 0 amide bonds. The Morgan fingerprint density at radius 2 is 1.38 bits per heavy atom. The molecule has 6 heteroatoms. The SMILES string of the molecule is CCC(C)(C)CNc1ccc(OC)c(CNc2cc(OC)c(OC)c(OC)c2)c1. The Morgan fingerprint density at radius 3 is 1.90 bits per heavy atom. The summed E-state index contributed by atoms with van der Waals surface area (Å²) in [6, 6.07) is 9.94. The smallest absolute Gasteiger partial charge is 0.203 e. The van der Waals surface area contributed by atoms with Crippen molar-refractivity contribution in [1.29, 1.82) is 0 Å². The highest BCUT2D eigenvalue weighted by molar-refractivity contribution is 5.63. The first-order valence-electron chi connectivity index (χ1n) is 9.82. The van der Waals surface area contributed by atoms with E-state index in [0.29, 0.717) is 23.8 Å². The Labute approximate surface area is 174 Å². The van der Waals surface area contributed by atoms with Crippen LogP contribution in [0.25, 0.3) is 0 Å². The van der Waals surface area contributed by atoms with Gasteiger partial charge in [0.2, 0.25) is 5.75 Å². The number of hydrogen-bond acceptors (Lipinski definition) is 6. The second-order valence-electron chi connectivity index (χ2n) is 7.67. The third-order valence-corrected chi connectivity index (χ3v) is 5.16. The fourth-order valence-electron chi connectivity index (χ4n) is 2.87. The van der Waals surface area contributed by atoms with Crippen LogP contribution < -0.4 is 29.6 Å². The molecule has 0 unspecified atom stereocenters. The van der Waals surface area contributed by atoms with Crippen LogP contribution in [0.15, 0.2) is 30.3 Å². The van der Waals surface area contributed by atoms with Crippen molar-refractivity contribution >= 4 is 11.4 Å². The van der Waals surface area contributed by atoms with Crippen LogP contribution in [0.1, 0.15) is 32.8 Å². The minimum atomic E-state index is 0.245. The van der Waals surface area contributed by atoms with Crippen molar-refractivity contribution in [1.82, 2.24) is 0 Å². The van der Waals surface area contributed by atoms with Gasteiger partial charge in [0.1, 0.15) is 5.75 Å². The zero-order valence-corrected chi connectivity index (χ0v) is 18.6. The fraction of sp³-hybridized carbons (Fsp3) is 0.478. The first-order chi connectivity index (χ1) is 13.9. The number of ether oxygens (including phenoxy) is 4. The first-order valence-corrected chi connectivity index (χ1v) is 9.82. The van der Waals surface area contributed by atoms with Crippen LogP contribution in [-0.2, 0) is 6.54 Å². The predicted molar refractivity (Wildman–Crippen MR) is 119 cm³/mol. The highest BCUT2D eigenvalue weighted by Gasteiger charge is 2.16. The normalized spacial score (nSPS) is 11.0. The van der Waals surface area contributed by atoms with Crippen molar-refractivity contribution in [2.45, 2.75) is 33.7 Å². The summed E-state index contributed by atoms with van der Waals surface area (Å²) in [5, 5.41) is 6.96. The van der Waals surface area contributed by atoms with E-state index in [2.05, 4.69) is 37.5 Å². The van der Waals surface area contributed by atoms with Crippen LogP contribution >= 0.6 is 0 Å². The Hall–Kier alpha value is -2.76. The van der Waals surface area contributed by atoms with E-state index in [9.17, 15) is 0 Å². The lowest BCUT2D eigenvalue weighted by atomic mass is 9.90. The molecule has 0 aliphatic rings. The van der Waals surface area contributed by atoms with Crippen LogP contribution in [0.5, 0.6) is 23.0 Å². The third kappa shape index (κ3) is 5.86. The maximum absolute atomic E-state index is 5.54. The number of benzene rings is 2. The van der Waals surface area contributed by atoms with Gasteiger partial charge >= 0.3 is 0 Å². The lowest BCUT2D eigenvalue weighted by molar-refractivity contribution is 0.324. The number of anilines is 2. The summed E-state index contributed by atoms with van der Waals surface area (Å²) in [4.78, 5) is 0. The number of nitrogens with one attached hydrogen (secondary N) is 2. The zero-order valence-electron chi connectivity index (χ0n) is 18.6. The third-order valence-electron chi connectivity index (χ3n) is 5.16. The molecule has 0 aliphatic heterocycles. The van der Waals surface area contributed by atoms with Crippen LogP contribution in [0.4, 0.5) is 11.4 Å². The highest BCUT2D eigenvalue weighted by Crippen LogP contribution is 2.40. The van der Waals surface area contributed by atoms with Gasteiger partial charge < -0.3 is 29.6 Å². The molecule has 2 aromatic carbocycles. The fourth-order valence-corrected chi connectivity index (χ4v) is 2.87. The van der Waals surface area contributed by atoms with Crippen LogP contribution in [-0.4, -0.2) is 35.0 Å². The molecule has 0 fully saturated rings. The van der Waals surface area contributed by atoms with E-state index in [1.807, 2.05) is 24.3 Å². The lowest BCUT2D eigenvalue weighted by Gasteiger charge is -2.24. The summed E-state index contributed by atoms with van der Waals surface area (Å²) in [5.74, 6) is 2.63. The van der Waals surface area contributed by atoms with Gasteiger partial charge in [-0.1, -0.05) is 20.8 Å². The molecule has 2 rings (SSSR count). The molecule has 0 saturated heterocycles. The van der Waals surface area contributed by atoms with Gasteiger partial charge in [-0.05, 0) is 30.0 Å². The van der Waals surface area contributed by atoms with Gasteiger partial charge in [-0.25, -0.2) is 0 Å². The minimum absolute atomic E-state index is 0.245. The Bertz CT molecular complexity index is 780. The molecule has 0 radical (unpaired) electrons. The molecule has 29 heavy (non-hydrogen) atoms. The van der Waals surface area contributed by atoms with Gasteiger partial charge in [-0.3, -0.25) is 0 Å². The molecule has 0 atom stereocenters. The molecule has 0 spiro atoms. The van der Waals surface area contributed by atoms with Crippen molar-refractivity contribution < 1.29 is 18.9 Å². The van der Waals surface area contributed by atoms with Crippen molar-refractivity contribution in [3.05, 3.63) is 35.9 Å². The van der Waals surface area contributed by atoms with Crippen LogP contribution in [0.3, 0.4) is 0 Å². The molecular weight excluding hydrogens is 368 g/mol. The maximum Gasteiger partial charge on any atom is 0.203 e. The topological polar surface area (TPSA) is 61.0 Å². The zero-order chi connectivity index (χ0) is 21.4. The summed E-state index contributed by atoms with van der Waals surface area (Å²) in [7, 11) is 6.50. The first kappa shape index (κ1) is 22.5. The summed E-state index contributed by atoms with van der Waals surface area (Å²) in [6.07, 6.45) is 1.12. The van der Waals surface area contributed by atoms with Crippen molar-refractivity contribution in [3.63, 3.8) is 0 Å². The summed E-state index contributed by atoms with van der Waals surface area (Å²) < 4.78 is 21.8. The Morgan fingerprint density at radius 1 is 0.759 bits per heavy atom. The molecule has 0 aromatic heterocycles.